The topological polar surface area (TPSA) is 61.5 Å². The molecule has 6 heteroatoms. The van der Waals surface area contributed by atoms with Gasteiger partial charge in [-0.2, -0.15) is 4.98 Å². The quantitative estimate of drug-likeness (QED) is 0.767. The summed E-state index contributed by atoms with van der Waals surface area (Å²) in [6.45, 7) is 14.9. The minimum Gasteiger partial charge on any atom is -0.371 e. The van der Waals surface area contributed by atoms with Crippen LogP contribution in [0, 0.1) is 5.92 Å². The molecule has 1 saturated heterocycles. The maximum Gasteiger partial charge on any atom is 0.222 e. The van der Waals surface area contributed by atoms with Crippen LogP contribution in [0.1, 0.15) is 37.8 Å². The van der Waals surface area contributed by atoms with Crippen LogP contribution in [-0.2, 0) is 13.0 Å². The van der Waals surface area contributed by atoms with Crippen LogP contribution in [0.15, 0.2) is 36.5 Å². The number of fused-ring (bicyclic) bond motifs is 1. The Morgan fingerprint density at radius 2 is 1.87 bits per heavy atom. The Morgan fingerprint density at radius 3 is 2.61 bits per heavy atom. The fraction of sp³-hybridized carbons (Fsp3) is 0.520. The van der Waals surface area contributed by atoms with Gasteiger partial charge >= 0.3 is 0 Å². The first-order chi connectivity index (χ1) is 14.9. The van der Waals surface area contributed by atoms with E-state index in [1.54, 1.807) is 0 Å². The third kappa shape index (κ3) is 5.01. The Kier molecular flexibility index (Phi) is 6.46. The van der Waals surface area contributed by atoms with E-state index in [0.29, 0.717) is 11.9 Å². The second-order valence-corrected chi connectivity index (χ2v) is 9.20. The molecule has 1 unspecified atom stereocenters. The highest BCUT2D eigenvalue weighted by atomic mass is 15.3. The molecule has 166 valence electrons. The number of nitrogens with zero attached hydrogens (tertiary/aromatic N) is 5. The summed E-state index contributed by atoms with van der Waals surface area (Å²) in [5.41, 5.74) is 12.2. The average Bonchev–Trinajstić information content (AvgIpc) is 2.78. The van der Waals surface area contributed by atoms with Crippen LogP contribution in [0.2, 0.25) is 0 Å². The number of nitrogen functional groups attached to an aromatic ring is 1. The summed E-state index contributed by atoms with van der Waals surface area (Å²) in [4.78, 5) is 16.2. The molecular formula is C25H36N6. The van der Waals surface area contributed by atoms with Gasteiger partial charge in [0.2, 0.25) is 5.95 Å². The third-order valence-electron chi connectivity index (χ3n) is 6.80. The van der Waals surface area contributed by atoms with Gasteiger partial charge in [0.05, 0.1) is 5.69 Å². The van der Waals surface area contributed by atoms with Gasteiger partial charge in [0.1, 0.15) is 5.82 Å². The van der Waals surface area contributed by atoms with Gasteiger partial charge in [0.15, 0.2) is 0 Å². The molecule has 1 atom stereocenters. The van der Waals surface area contributed by atoms with E-state index in [4.69, 9.17) is 5.73 Å². The number of rotatable bonds is 6. The van der Waals surface area contributed by atoms with Crippen LogP contribution >= 0.6 is 0 Å². The molecule has 1 aromatic heterocycles. The van der Waals surface area contributed by atoms with Crippen LogP contribution in [0.3, 0.4) is 0 Å². The van der Waals surface area contributed by atoms with Crippen molar-refractivity contribution in [2.75, 3.05) is 50.4 Å². The number of likely N-dealkylation sites (N-methyl/N-ethyl adjacent to an activating group) is 1. The fourth-order valence-corrected chi connectivity index (χ4v) is 4.46. The minimum atomic E-state index is 0.340. The number of benzene rings is 1. The molecule has 3 heterocycles. The van der Waals surface area contributed by atoms with Crippen LogP contribution in [0.5, 0.6) is 0 Å². The summed E-state index contributed by atoms with van der Waals surface area (Å²) in [6, 6.07) is 8.81. The highest BCUT2D eigenvalue weighted by Crippen LogP contribution is 2.30. The zero-order chi connectivity index (χ0) is 22.0. The summed E-state index contributed by atoms with van der Waals surface area (Å²) in [5.74, 6) is 1.95. The van der Waals surface area contributed by atoms with Crippen molar-refractivity contribution in [3.8, 4) is 11.3 Å². The summed E-state index contributed by atoms with van der Waals surface area (Å²) >= 11 is 0. The number of nitrogens with two attached hydrogens (primary N) is 1. The highest BCUT2D eigenvalue weighted by molar-refractivity contribution is 5.66. The number of piperazine rings is 1. The van der Waals surface area contributed by atoms with Gasteiger partial charge < -0.3 is 20.4 Å². The van der Waals surface area contributed by atoms with Gasteiger partial charge in [-0.15, -0.1) is 0 Å². The molecule has 6 nitrogen and oxygen atoms in total. The molecule has 0 saturated carbocycles. The Hall–Kier alpha value is -2.60. The molecule has 2 aliphatic rings. The van der Waals surface area contributed by atoms with E-state index in [-0.39, 0.29) is 0 Å². The summed E-state index contributed by atoms with van der Waals surface area (Å²) in [7, 11) is 2.16. The second kappa shape index (κ2) is 9.27. The molecule has 1 aromatic carbocycles. The predicted molar refractivity (Wildman–Crippen MR) is 129 cm³/mol. The Bertz CT molecular complexity index is 932. The number of hydrogen-bond donors (Lipinski definition) is 1. The molecule has 4 rings (SSSR count). The number of allylic oxidation sites excluding steroid dienone is 1. The predicted octanol–water partition coefficient (Wildman–Crippen LogP) is 3.79. The molecule has 0 bridgehead atoms. The van der Waals surface area contributed by atoms with Crippen LogP contribution < -0.4 is 10.6 Å². The Balaban J connectivity index is 1.55. The molecule has 0 amide bonds. The highest BCUT2D eigenvalue weighted by Gasteiger charge is 2.20. The van der Waals surface area contributed by atoms with Gasteiger partial charge in [-0.05, 0) is 43.0 Å². The summed E-state index contributed by atoms with van der Waals surface area (Å²) < 4.78 is 0. The van der Waals surface area contributed by atoms with Gasteiger partial charge in [-0.25, -0.2) is 4.98 Å². The normalized spacial score (nSPS) is 18.0. The van der Waals surface area contributed by atoms with Crippen LogP contribution in [0.25, 0.3) is 11.3 Å². The van der Waals surface area contributed by atoms with Crippen molar-refractivity contribution in [3.63, 3.8) is 0 Å². The van der Waals surface area contributed by atoms with Gasteiger partial charge in [-0.1, -0.05) is 39.0 Å². The molecule has 2 aromatic rings. The molecule has 0 radical (unpaired) electrons. The lowest BCUT2D eigenvalue weighted by atomic mass is 9.94. The van der Waals surface area contributed by atoms with Crippen molar-refractivity contribution < 1.29 is 0 Å². The lowest BCUT2D eigenvalue weighted by Gasteiger charge is -2.34. The van der Waals surface area contributed by atoms with E-state index in [1.807, 2.05) is 0 Å². The van der Waals surface area contributed by atoms with E-state index in [1.165, 1.54) is 23.2 Å². The second-order valence-electron chi connectivity index (χ2n) is 9.20. The molecule has 2 N–H and O–H groups in total. The third-order valence-corrected chi connectivity index (χ3v) is 6.80. The lowest BCUT2D eigenvalue weighted by Crippen LogP contribution is -2.44. The molecule has 0 aliphatic carbocycles. The monoisotopic (exact) mass is 420 g/mol. The van der Waals surface area contributed by atoms with E-state index in [2.05, 4.69) is 76.4 Å². The van der Waals surface area contributed by atoms with Crippen molar-refractivity contribution in [1.82, 2.24) is 19.8 Å². The first kappa shape index (κ1) is 21.6. The standard InChI is InChI=1S/C25H36N6/c1-5-18(2)14-19(3)31-9-8-20-6-7-21(15-22(20)17-31)23-16-24(28-25(26)27-23)30-12-10-29(4)11-13-30/h6-7,15-16,18H,3,5,8-14,17H2,1-2,4H3,(H2,26,27,28). The molecular weight excluding hydrogens is 384 g/mol. The number of anilines is 2. The van der Waals surface area contributed by atoms with Gasteiger partial charge in [-0.3, -0.25) is 0 Å². The Morgan fingerprint density at radius 1 is 1.10 bits per heavy atom. The first-order valence-corrected chi connectivity index (χ1v) is 11.6. The van der Waals surface area contributed by atoms with Crippen molar-refractivity contribution in [3.05, 3.63) is 47.7 Å². The van der Waals surface area contributed by atoms with Crippen molar-refractivity contribution in [2.24, 2.45) is 5.92 Å². The maximum absolute atomic E-state index is 6.11. The van der Waals surface area contributed by atoms with E-state index in [0.717, 1.165) is 69.2 Å². The molecule has 31 heavy (non-hydrogen) atoms. The largest absolute Gasteiger partial charge is 0.371 e. The number of aromatic nitrogens is 2. The average molecular weight is 421 g/mol. The molecule has 1 fully saturated rings. The van der Waals surface area contributed by atoms with E-state index in [9.17, 15) is 0 Å². The SMILES string of the molecule is C=C(CC(C)CC)N1CCc2ccc(-c3cc(N4CCN(C)CC4)nc(N)n3)cc2C1. The molecule has 2 aliphatic heterocycles. The molecule has 0 spiro atoms. The zero-order valence-electron chi connectivity index (χ0n) is 19.3. The van der Waals surface area contributed by atoms with Crippen LogP contribution in [-0.4, -0.2) is 59.5 Å². The fourth-order valence-electron chi connectivity index (χ4n) is 4.46. The lowest BCUT2D eigenvalue weighted by molar-refractivity contribution is 0.299. The van der Waals surface area contributed by atoms with Crippen molar-refractivity contribution in [1.29, 1.82) is 0 Å². The van der Waals surface area contributed by atoms with Crippen molar-refractivity contribution >= 4 is 11.8 Å². The minimum absolute atomic E-state index is 0.340. The van der Waals surface area contributed by atoms with Gasteiger partial charge in [0.25, 0.3) is 0 Å². The van der Waals surface area contributed by atoms with E-state index >= 15 is 0 Å². The zero-order valence-corrected chi connectivity index (χ0v) is 19.3. The summed E-state index contributed by atoms with van der Waals surface area (Å²) in [6.07, 6.45) is 3.33. The van der Waals surface area contributed by atoms with Crippen molar-refractivity contribution in [2.45, 2.75) is 39.7 Å². The maximum atomic E-state index is 6.11. The van der Waals surface area contributed by atoms with Gasteiger partial charge in [0, 0.05) is 56.6 Å². The Labute approximate surface area is 186 Å². The summed E-state index contributed by atoms with van der Waals surface area (Å²) in [5, 5.41) is 0. The van der Waals surface area contributed by atoms with Crippen LogP contribution in [0.4, 0.5) is 11.8 Å². The first-order valence-electron chi connectivity index (χ1n) is 11.6. The smallest absolute Gasteiger partial charge is 0.222 e. The number of hydrogen-bond acceptors (Lipinski definition) is 6. The van der Waals surface area contributed by atoms with E-state index < -0.39 is 0 Å².